The summed E-state index contributed by atoms with van der Waals surface area (Å²) in [7, 11) is 0. The van der Waals surface area contributed by atoms with E-state index in [0.29, 0.717) is 16.9 Å². The minimum atomic E-state index is -0.314. The van der Waals surface area contributed by atoms with Crippen molar-refractivity contribution < 1.29 is 4.79 Å². The molecule has 0 atom stereocenters. The zero-order valence-electron chi connectivity index (χ0n) is 9.46. The fourth-order valence-corrected chi connectivity index (χ4v) is 1.52. The normalized spacial score (nSPS) is 9.78. The number of nitrogens with one attached hydrogen (secondary N) is 1. The summed E-state index contributed by atoms with van der Waals surface area (Å²) >= 11 is 0. The Kier molecular flexibility index (Phi) is 3.33. The van der Waals surface area contributed by atoms with Crippen LogP contribution in [0.3, 0.4) is 0 Å². The van der Waals surface area contributed by atoms with Gasteiger partial charge in [0.25, 0.3) is 5.91 Å². The van der Waals surface area contributed by atoms with Crippen LogP contribution in [0, 0.1) is 4.91 Å². The molecule has 5 heteroatoms. The molecule has 1 amide bonds. The lowest BCUT2D eigenvalue weighted by molar-refractivity contribution is 0.102. The van der Waals surface area contributed by atoms with Crippen LogP contribution in [0.2, 0.25) is 0 Å². The first-order valence-corrected chi connectivity index (χ1v) is 5.29. The minimum absolute atomic E-state index is 0.218. The lowest BCUT2D eigenvalue weighted by Crippen LogP contribution is -2.11. The second kappa shape index (κ2) is 5.09. The Morgan fingerprint density at radius 2 is 1.89 bits per heavy atom. The minimum Gasteiger partial charge on any atom is -0.399 e. The second-order valence-electron chi connectivity index (χ2n) is 3.72. The average Bonchev–Trinajstić information content (AvgIpc) is 2.39. The molecule has 0 unspecified atom stereocenters. The molecule has 0 aliphatic carbocycles. The van der Waals surface area contributed by atoms with Crippen LogP contribution >= 0.6 is 0 Å². The third-order valence-corrected chi connectivity index (χ3v) is 2.36. The summed E-state index contributed by atoms with van der Waals surface area (Å²) in [6.45, 7) is 0. The fourth-order valence-electron chi connectivity index (χ4n) is 1.52. The van der Waals surface area contributed by atoms with E-state index in [2.05, 4.69) is 10.5 Å². The highest BCUT2D eigenvalue weighted by atomic mass is 16.3. The zero-order valence-corrected chi connectivity index (χ0v) is 9.46. The van der Waals surface area contributed by atoms with Gasteiger partial charge in [0.1, 0.15) is 5.69 Å². The van der Waals surface area contributed by atoms with Crippen molar-refractivity contribution in [2.24, 2.45) is 5.18 Å². The van der Waals surface area contributed by atoms with E-state index in [1.54, 1.807) is 36.4 Å². The summed E-state index contributed by atoms with van der Waals surface area (Å²) < 4.78 is 0. The number of nitroso groups, excluding NO2 is 1. The Balaban J connectivity index is 2.19. The molecule has 0 bridgehead atoms. The van der Waals surface area contributed by atoms with Crippen molar-refractivity contribution in [2.45, 2.75) is 0 Å². The monoisotopic (exact) mass is 241 g/mol. The molecule has 0 heterocycles. The molecule has 0 saturated carbocycles. The lowest BCUT2D eigenvalue weighted by atomic mass is 10.2. The Morgan fingerprint density at radius 3 is 2.61 bits per heavy atom. The molecule has 0 spiro atoms. The third-order valence-electron chi connectivity index (χ3n) is 2.36. The average molecular weight is 241 g/mol. The fraction of sp³-hybridized carbons (Fsp3) is 0. The van der Waals surface area contributed by atoms with Gasteiger partial charge >= 0.3 is 0 Å². The van der Waals surface area contributed by atoms with Crippen molar-refractivity contribution in [1.82, 2.24) is 0 Å². The number of benzene rings is 2. The Labute approximate surface area is 104 Å². The van der Waals surface area contributed by atoms with Crippen LogP contribution in [0.5, 0.6) is 0 Å². The van der Waals surface area contributed by atoms with Crippen LogP contribution in [0.1, 0.15) is 10.4 Å². The van der Waals surface area contributed by atoms with E-state index in [1.807, 2.05) is 0 Å². The number of hydrogen-bond acceptors (Lipinski definition) is 4. The highest BCUT2D eigenvalue weighted by Crippen LogP contribution is 2.16. The molecule has 2 aromatic carbocycles. The van der Waals surface area contributed by atoms with Crippen molar-refractivity contribution >= 4 is 23.0 Å². The first-order chi connectivity index (χ1) is 8.69. The number of nitrogens with two attached hydrogens (primary N) is 1. The van der Waals surface area contributed by atoms with E-state index in [-0.39, 0.29) is 11.6 Å². The van der Waals surface area contributed by atoms with Crippen molar-refractivity contribution in [3.05, 3.63) is 59.0 Å². The summed E-state index contributed by atoms with van der Waals surface area (Å²) in [5, 5.41) is 5.47. The lowest BCUT2D eigenvalue weighted by Gasteiger charge is -2.05. The van der Waals surface area contributed by atoms with Crippen molar-refractivity contribution in [2.75, 3.05) is 11.1 Å². The highest BCUT2D eigenvalue weighted by Gasteiger charge is 2.07. The molecule has 18 heavy (non-hydrogen) atoms. The van der Waals surface area contributed by atoms with E-state index in [4.69, 9.17) is 5.73 Å². The molecule has 2 rings (SSSR count). The number of amides is 1. The molecule has 0 aliphatic heterocycles. The quantitative estimate of drug-likeness (QED) is 0.640. The van der Waals surface area contributed by atoms with Crippen molar-refractivity contribution in [3.63, 3.8) is 0 Å². The van der Waals surface area contributed by atoms with Gasteiger partial charge in [0.05, 0.1) is 0 Å². The maximum atomic E-state index is 11.9. The van der Waals surface area contributed by atoms with Gasteiger partial charge in [-0.2, -0.15) is 0 Å². The molecule has 0 radical (unpaired) electrons. The molecule has 90 valence electrons. The molecular weight excluding hydrogens is 230 g/mol. The number of anilines is 2. The topological polar surface area (TPSA) is 84.5 Å². The predicted molar refractivity (Wildman–Crippen MR) is 70.7 cm³/mol. The first kappa shape index (κ1) is 11.8. The van der Waals surface area contributed by atoms with Crippen molar-refractivity contribution in [1.29, 1.82) is 0 Å². The number of hydrogen-bond donors (Lipinski definition) is 2. The zero-order chi connectivity index (χ0) is 13.0. The van der Waals surface area contributed by atoms with Gasteiger partial charge < -0.3 is 11.1 Å². The highest BCUT2D eigenvalue weighted by molar-refractivity contribution is 6.04. The van der Waals surface area contributed by atoms with Gasteiger partial charge in [-0.25, -0.2) is 0 Å². The maximum absolute atomic E-state index is 11.9. The summed E-state index contributed by atoms with van der Waals surface area (Å²) in [5.74, 6) is -0.314. The number of nitrogen functional groups attached to an aromatic ring is 1. The largest absolute Gasteiger partial charge is 0.399 e. The van der Waals surface area contributed by atoms with Gasteiger partial charge in [0.2, 0.25) is 0 Å². The Bertz CT molecular complexity index is 596. The van der Waals surface area contributed by atoms with Crippen LogP contribution in [-0.4, -0.2) is 5.91 Å². The molecule has 0 aliphatic rings. The van der Waals surface area contributed by atoms with Gasteiger partial charge in [0, 0.05) is 16.9 Å². The van der Waals surface area contributed by atoms with Crippen LogP contribution in [0.15, 0.2) is 53.7 Å². The van der Waals surface area contributed by atoms with Gasteiger partial charge in [-0.1, -0.05) is 12.1 Å². The molecule has 0 saturated heterocycles. The van der Waals surface area contributed by atoms with E-state index in [9.17, 15) is 9.70 Å². The van der Waals surface area contributed by atoms with Crippen LogP contribution in [0.25, 0.3) is 0 Å². The van der Waals surface area contributed by atoms with Gasteiger partial charge in [-0.3, -0.25) is 4.79 Å². The van der Waals surface area contributed by atoms with Gasteiger partial charge in [0.15, 0.2) is 0 Å². The molecule has 0 aromatic heterocycles. The van der Waals surface area contributed by atoms with E-state index >= 15 is 0 Å². The summed E-state index contributed by atoms with van der Waals surface area (Å²) in [4.78, 5) is 22.3. The Morgan fingerprint density at radius 1 is 1.11 bits per heavy atom. The summed E-state index contributed by atoms with van der Waals surface area (Å²) in [6.07, 6.45) is 0. The smallest absolute Gasteiger partial charge is 0.255 e. The standard InChI is InChI=1S/C13H11N3O2/c14-10-4-2-5-11(8-10)15-13(17)9-3-1-6-12(7-9)16-18/h1-8H,14H2,(H,15,17). The predicted octanol–water partition coefficient (Wildman–Crippen LogP) is 2.92. The number of rotatable bonds is 3. The molecule has 2 aromatic rings. The van der Waals surface area contributed by atoms with E-state index < -0.39 is 0 Å². The van der Waals surface area contributed by atoms with Crippen LogP contribution in [-0.2, 0) is 0 Å². The molecule has 0 fully saturated rings. The van der Waals surface area contributed by atoms with Gasteiger partial charge in [-0.05, 0) is 41.6 Å². The number of carbonyl (C=O) groups is 1. The number of nitrogens with zero attached hydrogens (tertiary/aromatic N) is 1. The summed E-state index contributed by atoms with van der Waals surface area (Å²) in [6, 6.07) is 13.0. The Hall–Kier alpha value is -2.69. The molecule has 5 nitrogen and oxygen atoms in total. The van der Waals surface area contributed by atoms with Crippen molar-refractivity contribution in [3.8, 4) is 0 Å². The second-order valence-corrected chi connectivity index (χ2v) is 3.72. The first-order valence-electron chi connectivity index (χ1n) is 5.29. The van der Waals surface area contributed by atoms with Gasteiger partial charge in [-0.15, -0.1) is 4.91 Å². The SMILES string of the molecule is Nc1cccc(NC(=O)c2cccc(N=O)c2)c1. The third kappa shape index (κ3) is 2.70. The molecular formula is C13H11N3O2. The number of carbonyl (C=O) groups excluding carboxylic acids is 1. The molecule has 3 N–H and O–H groups in total. The summed E-state index contributed by atoms with van der Waals surface area (Å²) in [5.41, 5.74) is 7.37. The maximum Gasteiger partial charge on any atom is 0.255 e. The van der Waals surface area contributed by atoms with E-state index in [0.717, 1.165) is 0 Å². The van der Waals surface area contributed by atoms with Crippen LogP contribution < -0.4 is 11.1 Å². The van der Waals surface area contributed by atoms with E-state index in [1.165, 1.54) is 12.1 Å². The van der Waals surface area contributed by atoms with Crippen LogP contribution in [0.4, 0.5) is 17.1 Å².